The standard InChI is InChI=1S/C21H23N3O6/c1-10-18(12(3)25)11(2)22-19(10)20(26)13(4)30-21(27)14-5-8-16(23-15-6-7-15)17(9-14)24(28)29/h5,8-9,13,15,22-23H,6-7H2,1-4H3. The quantitative estimate of drug-likeness (QED) is 0.292. The summed E-state index contributed by atoms with van der Waals surface area (Å²) in [5.74, 6) is -1.50. The third-order valence-corrected chi connectivity index (χ3v) is 5.06. The number of aryl methyl sites for hydroxylation is 1. The molecule has 0 bridgehead atoms. The molecule has 1 heterocycles. The number of carbonyl (C=O) groups is 3. The first kappa shape index (κ1) is 21.2. The van der Waals surface area contributed by atoms with Crippen LogP contribution in [0.25, 0.3) is 0 Å². The monoisotopic (exact) mass is 413 g/mol. The molecule has 0 amide bonds. The molecule has 2 N–H and O–H groups in total. The van der Waals surface area contributed by atoms with Crippen molar-refractivity contribution in [1.82, 2.24) is 4.98 Å². The van der Waals surface area contributed by atoms with Crippen molar-refractivity contribution in [1.29, 1.82) is 0 Å². The van der Waals surface area contributed by atoms with Gasteiger partial charge < -0.3 is 15.0 Å². The number of nitrogens with one attached hydrogen (secondary N) is 2. The smallest absolute Gasteiger partial charge is 0.339 e. The van der Waals surface area contributed by atoms with Gasteiger partial charge in [-0.15, -0.1) is 0 Å². The minimum absolute atomic E-state index is 0.0217. The van der Waals surface area contributed by atoms with Gasteiger partial charge in [0, 0.05) is 23.4 Å². The highest BCUT2D eigenvalue weighted by atomic mass is 16.6. The molecular weight excluding hydrogens is 390 g/mol. The number of nitrogens with zero attached hydrogens (tertiary/aromatic N) is 1. The maximum Gasteiger partial charge on any atom is 0.339 e. The van der Waals surface area contributed by atoms with E-state index in [0.717, 1.165) is 18.9 Å². The number of hydrogen-bond donors (Lipinski definition) is 2. The molecule has 1 aromatic carbocycles. The molecule has 2 aromatic rings. The van der Waals surface area contributed by atoms with Crippen LogP contribution in [0.4, 0.5) is 11.4 Å². The number of Topliss-reactive ketones (excluding diaryl/α,β-unsaturated/α-hetero) is 2. The highest BCUT2D eigenvalue weighted by Gasteiger charge is 2.28. The molecule has 0 spiro atoms. The Bertz CT molecular complexity index is 1050. The van der Waals surface area contributed by atoms with Gasteiger partial charge in [-0.1, -0.05) is 0 Å². The largest absolute Gasteiger partial charge is 0.451 e. The highest BCUT2D eigenvalue weighted by molar-refractivity contribution is 6.05. The molecule has 30 heavy (non-hydrogen) atoms. The van der Waals surface area contributed by atoms with Crippen molar-refractivity contribution in [2.75, 3.05) is 5.32 Å². The zero-order chi connectivity index (χ0) is 22.2. The van der Waals surface area contributed by atoms with E-state index >= 15 is 0 Å². The Morgan fingerprint density at radius 2 is 1.93 bits per heavy atom. The lowest BCUT2D eigenvalue weighted by Gasteiger charge is -2.13. The van der Waals surface area contributed by atoms with Crippen molar-refractivity contribution < 1.29 is 24.0 Å². The van der Waals surface area contributed by atoms with Gasteiger partial charge in [0.15, 0.2) is 11.9 Å². The van der Waals surface area contributed by atoms with E-state index in [2.05, 4.69) is 10.3 Å². The second-order valence-electron chi connectivity index (χ2n) is 7.50. The molecule has 1 atom stereocenters. The minimum atomic E-state index is -1.14. The van der Waals surface area contributed by atoms with Crippen molar-refractivity contribution >= 4 is 28.9 Å². The van der Waals surface area contributed by atoms with E-state index < -0.39 is 22.8 Å². The van der Waals surface area contributed by atoms with Crippen LogP contribution in [0.15, 0.2) is 18.2 Å². The number of H-pyrrole nitrogens is 1. The summed E-state index contributed by atoms with van der Waals surface area (Å²) in [7, 11) is 0. The number of aromatic nitrogens is 1. The van der Waals surface area contributed by atoms with E-state index in [-0.39, 0.29) is 28.8 Å². The topological polar surface area (TPSA) is 131 Å². The average molecular weight is 413 g/mol. The summed E-state index contributed by atoms with van der Waals surface area (Å²) < 4.78 is 5.25. The molecule has 158 valence electrons. The van der Waals surface area contributed by atoms with Gasteiger partial charge in [-0.05, 0) is 58.2 Å². The zero-order valence-corrected chi connectivity index (χ0v) is 17.2. The first-order valence-corrected chi connectivity index (χ1v) is 9.60. The first-order valence-electron chi connectivity index (χ1n) is 9.60. The van der Waals surface area contributed by atoms with Crippen LogP contribution in [0.5, 0.6) is 0 Å². The van der Waals surface area contributed by atoms with E-state index in [4.69, 9.17) is 4.74 Å². The molecule has 9 heteroatoms. The summed E-state index contributed by atoms with van der Waals surface area (Å²) in [6.07, 6.45) is 0.755. The Balaban J connectivity index is 1.77. The molecule has 0 aliphatic heterocycles. The fourth-order valence-corrected chi connectivity index (χ4v) is 3.39. The van der Waals surface area contributed by atoms with E-state index in [1.807, 2.05) is 0 Å². The lowest BCUT2D eigenvalue weighted by atomic mass is 10.0. The number of carbonyl (C=O) groups excluding carboxylic acids is 3. The van der Waals surface area contributed by atoms with Gasteiger partial charge in [0.05, 0.1) is 16.2 Å². The van der Waals surface area contributed by atoms with Crippen LogP contribution in [-0.4, -0.2) is 39.6 Å². The van der Waals surface area contributed by atoms with Crippen molar-refractivity contribution in [3.63, 3.8) is 0 Å². The Hall–Kier alpha value is -3.49. The van der Waals surface area contributed by atoms with E-state index in [9.17, 15) is 24.5 Å². The number of rotatable bonds is 8. The Morgan fingerprint density at radius 3 is 2.47 bits per heavy atom. The number of hydrogen-bond acceptors (Lipinski definition) is 7. The van der Waals surface area contributed by atoms with E-state index in [0.29, 0.717) is 22.5 Å². The third-order valence-electron chi connectivity index (χ3n) is 5.06. The number of aromatic amines is 1. The molecule has 0 radical (unpaired) electrons. The number of ether oxygens (including phenoxy) is 1. The molecule has 1 aliphatic carbocycles. The van der Waals surface area contributed by atoms with Crippen molar-refractivity contribution in [2.24, 2.45) is 0 Å². The predicted octanol–water partition coefficient (Wildman–Crippen LogP) is 3.74. The molecule has 1 aromatic heterocycles. The number of ketones is 2. The Kier molecular flexibility index (Phi) is 5.73. The second kappa shape index (κ2) is 8.10. The van der Waals surface area contributed by atoms with Gasteiger partial charge in [-0.3, -0.25) is 19.7 Å². The first-order chi connectivity index (χ1) is 14.1. The summed E-state index contributed by atoms with van der Waals surface area (Å²) in [5.41, 5.74) is 1.80. The highest BCUT2D eigenvalue weighted by Crippen LogP contribution is 2.32. The van der Waals surface area contributed by atoms with Gasteiger partial charge in [0.2, 0.25) is 5.78 Å². The maximum absolute atomic E-state index is 12.7. The van der Waals surface area contributed by atoms with Crippen LogP contribution in [-0.2, 0) is 4.74 Å². The molecule has 1 fully saturated rings. The van der Waals surface area contributed by atoms with Gasteiger partial charge in [0.1, 0.15) is 5.69 Å². The molecule has 1 unspecified atom stereocenters. The van der Waals surface area contributed by atoms with Crippen LogP contribution >= 0.6 is 0 Å². The van der Waals surface area contributed by atoms with Crippen LogP contribution in [0.1, 0.15) is 69.2 Å². The fourth-order valence-electron chi connectivity index (χ4n) is 3.39. The lowest BCUT2D eigenvalue weighted by Crippen LogP contribution is -2.25. The third kappa shape index (κ3) is 4.24. The number of nitro benzene ring substituents is 1. The Morgan fingerprint density at radius 1 is 1.27 bits per heavy atom. The van der Waals surface area contributed by atoms with Gasteiger partial charge >= 0.3 is 5.97 Å². The maximum atomic E-state index is 12.7. The SMILES string of the molecule is CC(=O)c1c(C)[nH]c(C(=O)C(C)OC(=O)c2ccc(NC3CC3)c([N+](=O)[O-])c2)c1C. The summed E-state index contributed by atoms with van der Waals surface area (Å²) in [6, 6.07) is 4.25. The second-order valence-corrected chi connectivity index (χ2v) is 7.50. The van der Waals surface area contributed by atoms with Crippen LogP contribution in [0, 0.1) is 24.0 Å². The summed E-state index contributed by atoms with van der Waals surface area (Å²) in [6.45, 7) is 6.17. The van der Waals surface area contributed by atoms with E-state index in [1.54, 1.807) is 13.8 Å². The number of esters is 1. The molecule has 1 aliphatic rings. The van der Waals surface area contributed by atoms with Crippen molar-refractivity contribution in [3.8, 4) is 0 Å². The molecule has 1 saturated carbocycles. The summed E-state index contributed by atoms with van der Waals surface area (Å²) in [5, 5.41) is 14.4. The predicted molar refractivity (Wildman–Crippen MR) is 109 cm³/mol. The van der Waals surface area contributed by atoms with Gasteiger partial charge in [-0.2, -0.15) is 0 Å². The molecule has 9 nitrogen and oxygen atoms in total. The Labute approximate surface area is 173 Å². The van der Waals surface area contributed by atoms with Gasteiger partial charge in [-0.25, -0.2) is 4.79 Å². The van der Waals surface area contributed by atoms with Crippen LogP contribution in [0.2, 0.25) is 0 Å². The minimum Gasteiger partial charge on any atom is -0.451 e. The average Bonchev–Trinajstić information content (AvgIpc) is 3.43. The van der Waals surface area contributed by atoms with Crippen LogP contribution in [0.3, 0.4) is 0 Å². The van der Waals surface area contributed by atoms with Crippen molar-refractivity contribution in [3.05, 3.63) is 56.4 Å². The normalized spacial score (nSPS) is 14.1. The lowest BCUT2D eigenvalue weighted by molar-refractivity contribution is -0.384. The number of anilines is 1. The molecular formula is C21H23N3O6. The molecule has 0 saturated heterocycles. The zero-order valence-electron chi connectivity index (χ0n) is 17.2. The number of nitro groups is 1. The van der Waals surface area contributed by atoms with Gasteiger partial charge in [0.25, 0.3) is 5.69 Å². The fraction of sp³-hybridized carbons (Fsp3) is 0.381. The van der Waals surface area contributed by atoms with E-state index in [1.165, 1.54) is 26.0 Å². The van der Waals surface area contributed by atoms with Crippen molar-refractivity contribution in [2.45, 2.75) is 52.7 Å². The number of benzene rings is 1. The summed E-state index contributed by atoms with van der Waals surface area (Å²) >= 11 is 0. The molecule has 3 rings (SSSR count). The summed E-state index contributed by atoms with van der Waals surface area (Å²) in [4.78, 5) is 50.7. The van der Waals surface area contributed by atoms with Crippen LogP contribution < -0.4 is 5.32 Å².